The number of amides is 3. The molecule has 15 nitrogen and oxygen atoms in total. The van der Waals surface area contributed by atoms with Crippen molar-refractivity contribution in [1.29, 1.82) is 0 Å². The predicted molar refractivity (Wildman–Crippen MR) is 213 cm³/mol. The van der Waals surface area contributed by atoms with E-state index < -0.39 is 46.4 Å². The number of aromatic nitrogens is 1. The van der Waals surface area contributed by atoms with Crippen LogP contribution in [-0.2, 0) is 34.0 Å². The highest BCUT2D eigenvalue weighted by Gasteiger charge is 2.29. The van der Waals surface area contributed by atoms with Crippen LogP contribution in [0.15, 0.2) is 89.6 Å². The molecule has 6 N–H and O–H groups in total. The number of carbonyl (C=O) groups excluding carboxylic acids is 3. The van der Waals surface area contributed by atoms with Crippen molar-refractivity contribution in [1.82, 2.24) is 20.1 Å². The lowest BCUT2D eigenvalue weighted by atomic mass is 9.85. The highest BCUT2D eigenvalue weighted by Crippen LogP contribution is 2.27. The summed E-state index contributed by atoms with van der Waals surface area (Å²) in [5.41, 5.74) is 7.75. The Labute approximate surface area is 329 Å². The predicted octanol–water partition coefficient (Wildman–Crippen LogP) is 4.99. The number of carboxylic acids is 1. The molecule has 0 spiro atoms. The van der Waals surface area contributed by atoms with Crippen LogP contribution in [0, 0.1) is 11.2 Å². The molecule has 1 saturated heterocycles. The number of alkyl carbamates (subject to hydrolysis) is 1. The maximum absolute atomic E-state index is 15.3. The van der Waals surface area contributed by atoms with Crippen LogP contribution >= 0.6 is 0 Å². The van der Waals surface area contributed by atoms with Gasteiger partial charge in [0.05, 0.1) is 23.8 Å². The highest BCUT2D eigenvalue weighted by molar-refractivity contribution is 5.94. The molecule has 3 aromatic carbocycles. The quantitative estimate of drug-likeness (QED) is 0.123. The third-order valence-corrected chi connectivity index (χ3v) is 9.40. The number of nitrogens with one attached hydrogen (secondary N) is 3. The van der Waals surface area contributed by atoms with Crippen molar-refractivity contribution in [2.75, 3.05) is 42.9 Å². The second-order valence-electron chi connectivity index (χ2n) is 14.6. The van der Waals surface area contributed by atoms with Gasteiger partial charge < -0.3 is 50.6 Å². The van der Waals surface area contributed by atoms with Crippen LogP contribution in [0.2, 0.25) is 0 Å². The lowest BCUT2D eigenvalue weighted by Crippen LogP contribution is -2.49. The van der Waals surface area contributed by atoms with E-state index in [4.69, 9.17) is 15.2 Å². The van der Waals surface area contributed by atoms with Gasteiger partial charge in [-0.15, -0.1) is 0 Å². The fourth-order valence-corrected chi connectivity index (χ4v) is 6.34. The first-order chi connectivity index (χ1) is 27.1. The molecule has 302 valence electrons. The second kappa shape index (κ2) is 18.4. The van der Waals surface area contributed by atoms with Gasteiger partial charge in [0, 0.05) is 61.9 Å². The van der Waals surface area contributed by atoms with Crippen molar-refractivity contribution in [2.45, 2.75) is 53.5 Å². The molecule has 0 saturated carbocycles. The number of pyridine rings is 1. The maximum Gasteiger partial charge on any atom is 0.410 e. The van der Waals surface area contributed by atoms with E-state index in [1.54, 1.807) is 46.7 Å². The minimum absolute atomic E-state index is 0.00609. The molecule has 2 heterocycles. The Kier molecular flexibility index (Phi) is 13.4. The number of nitrogens with zero attached hydrogens (tertiary/aromatic N) is 3. The molecular weight excluding hydrogens is 737 g/mol. The second-order valence-corrected chi connectivity index (χ2v) is 14.6. The first kappa shape index (κ1) is 41.6. The summed E-state index contributed by atoms with van der Waals surface area (Å²) in [7, 11) is 0. The van der Waals surface area contributed by atoms with Crippen LogP contribution in [-0.4, -0.2) is 77.4 Å². The van der Waals surface area contributed by atoms with Crippen molar-refractivity contribution in [3.05, 3.63) is 118 Å². The molecule has 57 heavy (non-hydrogen) atoms. The molecule has 3 amide bonds. The molecule has 1 aromatic heterocycles. The van der Waals surface area contributed by atoms with E-state index >= 15 is 4.39 Å². The van der Waals surface area contributed by atoms with Crippen LogP contribution in [0.3, 0.4) is 0 Å². The number of ether oxygens (including phenoxy) is 2. The zero-order valence-electron chi connectivity index (χ0n) is 32.3. The summed E-state index contributed by atoms with van der Waals surface area (Å²) in [6.07, 6.45) is 1.60. The van der Waals surface area contributed by atoms with Crippen LogP contribution < -0.4 is 32.0 Å². The largest absolute Gasteiger partial charge is 0.477 e. The molecule has 0 unspecified atom stereocenters. The molecule has 4 aromatic rings. The zero-order chi connectivity index (χ0) is 41.3. The molecule has 0 bridgehead atoms. The summed E-state index contributed by atoms with van der Waals surface area (Å²) in [5.74, 6) is -2.37. The van der Waals surface area contributed by atoms with Crippen LogP contribution in [0.1, 0.15) is 49.2 Å². The van der Waals surface area contributed by atoms with Crippen LogP contribution in [0.5, 0.6) is 0 Å². The third kappa shape index (κ3) is 10.8. The van der Waals surface area contributed by atoms with E-state index in [2.05, 4.69) is 16.0 Å². The van der Waals surface area contributed by atoms with Gasteiger partial charge in [-0.05, 0) is 47.7 Å². The summed E-state index contributed by atoms with van der Waals surface area (Å²) in [6, 6.07) is 18.2. The van der Waals surface area contributed by atoms with Gasteiger partial charge in [-0.25, -0.2) is 18.8 Å². The number of fused-ring (bicyclic) bond motifs is 1. The minimum atomic E-state index is -1.37. The van der Waals surface area contributed by atoms with Crippen LogP contribution in [0.4, 0.5) is 25.4 Å². The molecular formula is C41H48FN7O8. The molecule has 16 heteroatoms. The topological polar surface area (TPSA) is 198 Å². The number of anilines is 2. The van der Waals surface area contributed by atoms with Gasteiger partial charge in [0.1, 0.15) is 24.6 Å². The van der Waals surface area contributed by atoms with E-state index in [-0.39, 0.29) is 49.8 Å². The lowest BCUT2D eigenvalue weighted by Gasteiger charge is -2.35. The Morgan fingerprint density at radius 2 is 1.60 bits per heavy atom. The van der Waals surface area contributed by atoms with Gasteiger partial charge in [-0.2, -0.15) is 0 Å². The molecule has 1 aliphatic rings. The Bertz CT molecular complexity index is 2180. The maximum atomic E-state index is 15.3. The van der Waals surface area contributed by atoms with Crippen molar-refractivity contribution in [2.24, 2.45) is 11.1 Å². The standard InChI is InChI=1S/C41H48FN7O8/c1-5-47-23-30(38(52)53)36(51)29-19-31(42)34(20-33(29)47)48-15-17-49(18-16-48)40(55)57-25-27-11-13-28(14-12-27)45-35(50)22-44-21-32(43)37(41(2,3)4)46-39(54)56-24-26-9-7-6-8-10-26/h6-14,19-21,23,37,44H,5,15-18,22,24-25,43H2,1-4H3,(H,45,50)(H,46,54)(H,52,53)/b32-21-/t37-/m1/s1. The third-order valence-electron chi connectivity index (χ3n) is 9.40. The zero-order valence-corrected chi connectivity index (χ0v) is 32.3. The number of carbonyl (C=O) groups is 4. The smallest absolute Gasteiger partial charge is 0.410 e. The molecule has 5 rings (SSSR count). The van der Waals surface area contributed by atoms with E-state index in [9.17, 15) is 29.1 Å². The molecule has 1 aliphatic heterocycles. The summed E-state index contributed by atoms with van der Waals surface area (Å²) in [6.45, 7) is 9.10. The summed E-state index contributed by atoms with van der Waals surface area (Å²) in [5, 5.41) is 17.9. The lowest BCUT2D eigenvalue weighted by molar-refractivity contribution is -0.115. The molecule has 1 atom stereocenters. The molecule has 0 radical (unpaired) electrons. The van der Waals surface area contributed by atoms with E-state index in [1.165, 1.54) is 17.3 Å². The number of rotatable bonds is 13. The van der Waals surface area contributed by atoms with Crippen LogP contribution in [0.25, 0.3) is 10.9 Å². The number of nitrogens with two attached hydrogens (primary N) is 1. The summed E-state index contributed by atoms with van der Waals surface area (Å²) < 4.78 is 27.7. The fraction of sp³-hybridized carbons (Fsp3) is 0.341. The number of piperazine rings is 1. The average Bonchev–Trinajstić information content (AvgIpc) is 3.18. The Morgan fingerprint density at radius 1 is 0.947 bits per heavy atom. The number of aryl methyl sites for hydroxylation is 1. The van der Waals surface area contributed by atoms with Gasteiger partial charge in [0.2, 0.25) is 11.3 Å². The van der Waals surface area contributed by atoms with Gasteiger partial charge in [-0.3, -0.25) is 9.59 Å². The average molecular weight is 786 g/mol. The number of aromatic carboxylic acids is 1. The first-order valence-electron chi connectivity index (χ1n) is 18.5. The fourth-order valence-electron chi connectivity index (χ4n) is 6.34. The number of hydrogen-bond donors (Lipinski definition) is 5. The van der Waals surface area contributed by atoms with E-state index in [0.29, 0.717) is 42.1 Å². The van der Waals surface area contributed by atoms with Crippen molar-refractivity contribution in [3.63, 3.8) is 0 Å². The van der Waals surface area contributed by atoms with Gasteiger partial charge in [0.25, 0.3) is 0 Å². The Hall–Kier alpha value is -6.58. The number of benzene rings is 3. The molecule has 1 fully saturated rings. The van der Waals surface area contributed by atoms with Gasteiger partial charge >= 0.3 is 18.2 Å². The van der Waals surface area contributed by atoms with Gasteiger partial charge in [0.15, 0.2) is 0 Å². The first-order valence-corrected chi connectivity index (χ1v) is 18.5. The van der Waals surface area contributed by atoms with E-state index in [1.807, 2.05) is 51.1 Å². The monoisotopic (exact) mass is 785 g/mol. The van der Waals surface area contributed by atoms with Crippen molar-refractivity contribution in [3.8, 4) is 0 Å². The summed E-state index contributed by atoms with van der Waals surface area (Å²) in [4.78, 5) is 65.6. The number of carboxylic acid groups (broad SMARTS) is 1. The van der Waals surface area contributed by atoms with Gasteiger partial charge in [-0.1, -0.05) is 63.2 Å². The molecule has 0 aliphatic carbocycles. The van der Waals surface area contributed by atoms with Crippen molar-refractivity contribution >= 4 is 46.3 Å². The van der Waals surface area contributed by atoms with E-state index in [0.717, 1.165) is 11.6 Å². The number of halogens is 1. The minimum Gasteiger partial charge on any atom is -0.477 e. The Morgan fingerprint density at radius 3 is 2.23 bits per heavy atom. The number of hydrogen-bond acceptors (Lipinski definition) is 10. The SMILES string of the molecule is CCn1cc(C(=O)O)c(=O)c2cc(F)c(N3CCN(C(=O)OCc4ccc(NC(=O)CN/C=C(\N)[C@@H](NC(=O)OCc5ccccc5)C(C)(C)C)cc4)CC3)cc21. The van der Waals surface area contributed by atoms with Crippen molar-refractivity contribution < 1.29 is 38.1 Å². The summed E-state index contributed by atoms with van der Waals surface area (Å²) >= 11 is 0. The Balaban J connectivity index is 1.06. The normalized spacial score (nSPS) is 13.8. The highest BCUT2D eigenvalue weighted by atomic mass is 19.1.